The van der Waals surface area contributed by atoms with Crippen molar-refractivity contribution in [3.63, 3.8) is 0 Å². The number of hydrogen-bond acceptors (Lipinski definition) is 1. The lowest BCUT2D eigenvalue weighted by molar-refractivity contribution is 0.368. The summed E-state index contributed by atoms with van der Waals surface area (Å²) in [5.41, 5.74) is 1.28. The summed E-state index contributed by atoms with van der Waals surface area (Å²) in [6, 6.07) is 9.16. The van der Waals surface area contributed by atoms with E-state index in [0.29, 0.717) is 10.3 Å². The minimum Gasteiger partial charge on any atom is -0.418 e. The quantitative estimate of drug-likeness (QED) is 0.386. The van der Waals surface area contributed by atoms with E-state index in [4.69, 9.17) is 0 Å². The molecule has 23 heavy (non-hydrogen) atoms. The van der Waals surface area contributed by atoms with Crippen LogP contribution in [-0.4, -0.2) is 31.7 Å². The average Bonchev–Trinajstić information content (AvgIpc) is 2.23. The lowest BCUT2D eigenvalue weighted by atomic mass is 10.2. The van der Waals surface area contributed by atoms with Crippen LogP contribution in [-0.2, 0) is 0 Å². The van der Waals surface area contributed by atoms with Crippen LogP contribution in [0.4, 0.5) is 23.0 Å². The van der Waals surface area contributed by atoms with Gasteiger partial charge in [0.2, 0.25) is 0 Å². The highest BCUT2D eigenvalue weighted by atomic mass is 31.1. The van der Waals surface area contributed by atoms with Crippen LogP contribution in [0.3, 0.4) is 0 Å². The van der Waals surface area contributed by atoms with Crippen LogP contribution in [0.15, 0.2) is 24.3 Å². The van der Waals surface area contributed by atoms with Crippen LogP contribution in [0.1, 0.15) is 41.5 Å². The Balaban J connectivity index is 0.000000841. The summed E-state index contributed by atoms with van der Waals surface area (Å²) in [6.07, 6.45) is 0. The summed E-state index contributed by atoms with van der Waals surface area (Å²) in [7, 11) is -2.43. The zero-order valence-corrected chi connectivity index (χ0v) is 16.3. The molecule has 0 heterocycles. The fraction of sp³-hybridized carbons (Fsp3) is 0.625. The van der Waals surface area contributed by atoms with Crippen molar-refractivity contribution in [3.8, 4) is 0 Å². The number of anilines is 1. The van der Waals surface area contributed by atoms with Crippen LogP contribution in [0.5, 0.6) is 0 Å². The predicted molar refractivity (Wildman–Crippen MR) is 98.4 cm³/mol. The largest absolute Gasteiger partial charge is 0.673 e. The van der Waals surface area contributed by atoms with Crippen molar-refractivity contribution in [1.29, 1.82) is 0 Å². The van der Waals surface area contributed by atoms with E-state index in [1.54, 1.807) is 5.30 Å². The van der Waals surface area contributed by atoms with Crippen molar-refractivity contribution < 1.29 is 17.3 Å². The zero-order valence-electron chi connectivity index (χ0n) is 15.3. The molecule has 0 radical (unpaired) electrons. The summed E-state index contributed by atoms with van der Waals surface area (Å²) < 4.78 is 39.0. The van der Waals surface area contributed by atoms with Crippen LogP contribution in [0.2, 0.25) is 0 Å². The standard InChI is InChI=1S/C16H28NP.BF4/c1-15(2,3)18(16(4,5)6)14-11-9-13(10-12-14)17(7)8;2-1(3,4)5/h9-12H,1-8H3;/q;-1/p+1. The first-order valence-corrected chi connectivity index (χ1v) is 9.06. The van der Waals surface area contributed by atoms with Gasteiger partial charge in [-0.2, -0.15) is 0 Å². The lowest BCUT2D eigenvalue weighted by Crippen LogP contribution is -2.31. The molecule has 0 atom stereocenters. The second-order valence-corrected chi connectivity index (χ2v) is 12.1. The van der Waals surface area contributed by atoms with E-state index < -0.39 is 15.2 Å². The van der Waals surface area contributed by atoms with E-state index in [1.165, 1.54) is 5.69 Å². The van der Waals surface area contributed by atoms with Gasteiger partial charge in [0.1, 0.15) is 0 Å². The molecule has 0 aliphatic carbocycles. The Morgan fingerprint density at radius 1 is 0.783 bits per heavy atom. The Morgan fingerprint density at radius 2 is 1.09 bits per heavy atom. The van der Waals surface area contributed by atoms with Gasteiger partial charge in [-0.3, -0.25) is 0 Å². The minimum atomic E-state index is -6.00. The predicted octanol–water partition coefficient (Wildman–Crippen LogP) is 5.49. The Morgan fingerprint density at radius 3 is 1.30 bits per heavy atom. The Bertz CT molecular complexity index is 453. The van der Waals surface area contributed by atoms with Crippen LogP contribution in [0, 0.1) is 0 Å². The van der Waals surface area contributed by atoms with Gasteiger partial charge in [-0.05, 0) is 65.8 Å². The highest BCUT2D eigenvalue weighted by Gasteiger charge is 2.43. The van der Waals surface area contributed by atoms with Crippen molar-refractivity contribution in [1.82, 2.24) is 0 Å². The molecule has 0 spiro atoms. The number of halogens is 4. The topological polar surface area (TPSA) is 3.24 Å². The maximum absolute atomic E-state index is 9.75. The highest BCUT2D eigenvalue weighted by molar-refractivity contribution is 7.68. The molecule has 0 N–H and O–H groups in total. The minimum absolute atomic E-state index is 0.378. The van der Waals surface area contributed by atoms with Gasteiger partial charge < -0.3 is 22.2 Å². The number of rotatable bonds is 2. The second kappa shape index (κ2) is 7.87. The highest BCUT2D eigenvalue weighted by Crippen LogP contribution is 2.58. The molecule has 1 nitrogen and oxygen atoms in total. The van der Waals surface area contributed by atoms with Crippen LogP contribution < -0.4 is 10.2 Å². The molecule has 1 aromatic carbocycles. The second-order valence-electron chi connectivity index (χ2n) is 7.81. The van der Waals surface area contributed by atoms with Crippen molar-refractivity contribution in [2.45, 2.75) is 51.9 Å². The molecule has 134 valence electrons. The zero-order chi connectivity index (χ0) is 18.6. The fourth-order valence-electron chi connectivity index (χ4n) is 2.92. The monoisotopic (exact) mass is 353 g/mol. The van der Waals surface area contributed by atoms with Crippen molar-refractivity contribution in [2.24, 2.45) is 0 Å². The Hall–Kier alpha value is -0.765. The molecule has 1 aromatic rings. The van der Waals surface area contributed by atoms with Gasteiger partial charge in [-0.25, -0.2) is 0 Å². The summed E-state index contributed by atoms with van der Waals surface area (Å²) in [5.74, 6) is 0. The summed E-state index contributed by atoms with van der Waals surface area (Å²) in [5, 5.41) is 2.30. The van der Waals surface area contributed by atoms with E-state index in [2.05, 4.69) is 84.8 Å². The van der Waals surface area contributed by atoms with E-state index in [-0.39, 0.29) is 0 Å². The molecular formula is C16H29BF4NP. The maximum atomic E-state index is 9.75. The van der Waals surface area contributed by atoms with E-state index in [1.807, 2.05) is 0 Å². The molecule has 1 rings (SSSR count). The molecule has 0 saturated carbocycles. The smallest absolute Gasteiger partial charge is 0.418 e. The number of nitrogens with zero attached hydrogens (tertiary/aromatic N) is 1. The Kier molecular flexibility index (Phi) is 7.61. The summed E-state index contributed by atoms with van der Waals surface area (Å²) in [6.45, 7) is 14.3. The maximum Gasteiger partial charge on any atom is 0.673 e. The van der Waals surface area contributed by atoms with Gasteiger partial charge in [-0.15, -0.1) is 0 Å². The van der Waals surface area contributed by atoms with Crippen LogP contribution in [0.25, 0.3) is 0 Å². The van der Waals surface area contributed by atoms with Gasteiger partial charge in [-0.1, -0.05) is 0 Å². The molecular weight excluding hydrogens is 324 g/mol. The van der Waals surface area contributed by atoms with Crippen molar-refractivity contribution in [2.75, 3.05) is 19.0 Å². The first-order chi connectivity index (χ1) is 10.0. The molecule has 0 unspecified atom stereocenters. The van der Waals surface area contributed by atoms with Gasteiger partial charge in [0.25, 0.3) is 0 Å². The molecule has 7 heteroatoms. The van der Waals surface area contributed by atoms with Gasteiger partial charge >= 0.3 is 7.25 Å². The average molecular weight is 353 g/mol. The normalized spacial score (nSPS) is 12.7. The third-order valence-corrected chi connectivity index (χ3v) is 7.08. The first kappa shape index (κ1) is 22.2. The van der Waals surface area contributed by atoms with Gasteiger partial charge in [0.05, 0.1) is 15.6 Å². The third kappa shape index (κ3) is 9.19. The molecule has 0 bridgehead atoms. The number of hydrogen-bond donors (Lipinski definition) is 0. The van der Waals surface area contributed by atoms with Gasteiger partial charge in [0.15, 0.2) is 0 Å². The van der Waals surface area contributed by atoms with Crippen molar-refractivity contribution in [3.05, 3.63) is 24.3 Å². The SMILES string of the molecule is CN(C)c1ccc([PH+](C(C)(C)C)C(C)(C)C)cc1.F[B-](F)(F)F. The molecule has 0 aromatic heterocycles. The third-order valence-electron chi connectivity index (χ3n) is 3.17. The van der Waals surface area contributed by atoms with Crippen LogP contribution >= 0.6 is 7.92 Å². The van der Waals surface area contributed by atoms with Crippen molar-refractivity contribution >= 4 is 26.2 Å². The molecule has 0 amide bonds. The Labute approximate surface area is 139 Å². The molecule has 0 aliphatic heterocycles. The lowest BCUT2D eigenvalue weighted by Gasteiger charge is -2.34. The fourth-order valence-corrected chi connectivity index (χ4v) is 7.40. The summed E-state index contributed by atoms with van der Waals surface area (Å²) >= 11 is 0. The van der Waals surface area contributed by atoms with Gasteiger partial charge in [0, 0.05) is 27.7 Å². The van der Waals surface area contributed by atoms with E-state index in [9.17, 15) is 17.3 Å². The molecule has 0 aliphatic rings. The first-order valence-electron chi connectivity index (χ1n) is 7.56. The summed E-state index contributed by atoms with van der Waals surface area (Å²) in [4.78, 5) is 2.16. The van der Waals surface area contributed by atoms with E-state index >= 15 is 0 Å². The molecule has 0 saturated heterocycles. The molecule has 0 fully saturated rings. The van der Waals surface area contributed by atoms with E-state index in [0.717, 1.165) is 0 Å². The number of benzene rings is 1.